The van der Waals surface area contributed by atoms with Gasteiger partial charge in [-0.2, -0.15) is 5.10 Å². The minimum Gasteiger partial charge on any atom is -0.480 e. The summed E-state index contributed by atoms with van der Waals surface area (Å²) in [7, 11) is 1.62. The van der Waals surface area contributed by atoms with Gasteiger partial charge in [0.05, 0.1) is 18.8 Å². The second-order valence-electron chi connectivity index (χ2n) is 6.50. The number of amides is 1. The van der Waals surface area contributed by atoms with Crippen LogP contribution in [0.3, 0.4) is 0 Å². The van der Waals surface area contributed by atoms with Crippen LogP contribution in [0.25, 0.3) is 0 Å². The number of nitrogens with one attached hydrogen (secondary N) is 1. The second-order valence-corrected chi connectivity index (χ2v) is 6.50. The molecule has 2 rings (SSSR count). The monoisotopic (exact) mass is 358 g/mol. The van der Waals surface area contributed by atoms with E-state index >= 15 is 0 Å². The van der Waals surface area contributed by atoms with Crippen molar-refractivity contribution < 1.29 is 14.7 Å². The molecule has 26 heavy (non-hydrogen) atoms. The number of benzene rings is 1. The average molecular weight is 358 g/mol. The summed E-state index contributed by atoms with van der Waals surface area (Å²) in [6.45, 7) is 6.56. The first-order chi connectivity index (χ1) is 12.3. The number of hydrogen-bond donors (Lipinski definition) is 2. The summed E-state index contributed by atoms with van der Waals surface area (Å²) >= 11 is 0. The van der Waals surface area contributed by atoms with E-state index in [1.54, 1.807) is 14.0 Å². The zero-order valence-corrected chi connectivity index (χ0v) is 15.7. The van der Waals surface area contributed by atoms with Crippen LogP contribution in [0.2, 0.25) is 0 Å². The number of nitrogens with zero attached hydrogens (tertiary/aromatic N) is 3. The van der Waals surface area contributed by atoms with Crippen molar-refractivity contribution in [2.75, 3.05) is 13.6 Å². The number of hydrogen-bond acceptors (Lipinski definition) is 4. The van der Waals surface area contributed by atoms with Crippen LogP contribution in [0.1, 0.15) is 29.4 Å². The highest BCUT2D eigenvalue weighted by Crippen LogP contribution is 2.14. The van der Waals surface area contributed by atoms with Gasteiger partial charge in [0.15, 0.2) is 0 Å². The van der Waals surface area contributed by atoms with E-state index in [0.29, 0.717) is 13.1 Å². The van der Waals surface area contributed by atoms with Crippen LogP contribution in [-0.4, -0.2) is 51.3 Å². The maximum atomic E-state index is 12.1. The van der Waals surface area contributed by atoms with Gasteiger partial charge in [-0.15, -0.1) is 0 Å². The molecular formula is C19H26N4O3. The van der Waals surface area contributed by atoms with Crippen molar-refractivity contribution >= 4 is 11.9 Å². The quantitative estimate of drug-likeness (QED) is 0.748. The largest absolute Gasteiger partial charge is 0.480 e. The van der Waals surface area contributed by atoms with Crippen molar-refractivity contribution in [3.63, 3.8) is 0 Å². The number of carbonyl (C=O) groups excluding carboxylic acids is 1. The summed E-state index contributed by atoms with van der Waals surface area (Å²) in [5.74, 6) is -1.16. The van der Waals surface area contributed by atoms with Gasteiger partial charge in [0.2, 0.25) is 5.91 Å². The Kier molecular flexibility index (Phi) is 6.52. The third kappa shape index (κ3) is 4.92. The van der Waals surface area contributed by atoms with Crippen molar-refractivity contribution in [3.8, 4) is 0 Å². The summed E-state index contributed by atoms with van der Waals surface area (Å²) in [5, 5.41) is 16.4. The molecule has 0 aliphatic heterocycles. The molecule has 0 spiro atoms. The Morgan fingerprint density at radius 2 is 1.92 bits per heavy atom. The minimum atomic E-state index is -0.950. The number of carbonyl (C=O) groups is 2. The maximum absolute atomic E-state index is 12.1. The van der Waals surface area contributed by atoms with E-state index in [-0.39, 0.29) is 12.5 Å². The summed E-state index contributed by atoms with van der Waals surface area (Å²) < 4.78 is 1.94. The smallest absolute Gasteiger partial charge is 0.320 e. The van der Waals surface area contributed by atoms with Gasteiger partial charge in [-0.1, -0.05) is 30.3 Å². The average Bonchev–Trinajstić information content (AvgIpc) is 2.86. The Labute approximate surface area is 153 Å². The lowest BCUT2D eigenvalue weighted by Gasteiger charge is -2.20. The van der Waals surface area contributed by atoms with Gasteiger partial charge in [0.1, 0.15) is 6.04 Å². The van der Waals surface area contributed by atoms with Crippen molar-refractivity contribution in [2.24, 2.45) is 0 Å². The molecule has 0 radical (unpaired) electrons. The van der Waals surface area contributed by atoms with Gasteiger partial charge in [0.25, 0.3) is 0 Å². The SMILES string of the molecule is Cc1nn(Cc2ccccc2)c(C)c1CNC(=O)CN(C)C(C)C(=O)O. The van der Waals surface area contributed by atoms with E-state index < -0.39 is 12.0 Å². The summed E-state index contributed by atoms with van der Waals surface area (Å²) in [5.41, 5.74) is 4.05. The van der Waals surface area contributed by atoms with Crippen LogP contribution in [0.4, 0.5) is 0 Å². The third-order valence-electron chi connectivity index (χ3n) is 4.58. The molecule has 140 valence electrons. The first kappa shape index (κ1) is 19.7. The van der Waals surface area contributed by atoms with Crippen molar-refractivity contribution in [1.29, 1.82) is 0 Å². The Morgan fingerprint density at radius 1 is 1.27 bits per heavy atom. The molecule has 7 heteroatoms. The lowest BCUT2D eigenvalue weighted by molar-refractivity contribution is -0.142. The Balaban J connectivity index is 1.97. The van der Waals surface area contributed by atoms with E-state index in [2.05, 4.69) is 22.5 Å². The number of carboxylic acids is 1. The standard InChI is InChI=1S/C19H26N4O3/c1-13-17(10-20-18(24)12-22(4)15(3)19(25)26)14(2)23(21-13)11-16-8-6-5-7-9-16/h5-9,15H,10-12H2,1-4H3,(H,20,24)(H,25,26). The molecule has 7 nitrogen and oxygen atoms in total. The molecule has 1 atom stereocenters. The number of aromatic nitrogens is 2. The highest BCUT2D eigenvalue weighted by Gasteiger charge is 2.19. The van der Waals surface area contributed by atoms with E-state index in [4.69, 9.17) is 5.11 Å². The van der Waals surface area contributed by atoms with Gasteiger partial charge >= 0.3 is 5.97 Å². The second kappa shape index (κ2) is 8.62. The van der Waals surface area contributed by atoms with E-state index in [0.717, 1.165) is 22.5 Å². The van der Waals surface area contributed by atoms with Crippen LogP contribution < -0.4 is 5.32 Å². The van der Waals surface area contributed by atoms with Crippen molar-refractivity contribution in [1.82, 2.24) is 20.0 Å². The molecule has 1 amide bonds. The molecule has 1 heterocycles. The van der Waals surface area contributed by atoms with Crippen molar-refractivity contribution in [2.45, 2.75) is 39.9 Å². The minimum absolute atomic E-state index is 0.0315. The van der Waals surface area contributed by atoms with Crippen LogP contribution in [0.5, 0.6) is 0 Å². The zero-order chi connectivity index (χ0) is 19.3. The van der Waals surface area contributed by atoms with Crippen molar-refractivity contribution in [3.05, 3.63) is 52.8 Å². The summed E-state index contributed by atoms with van der Waals surface area (Å²) in [6, 6.07) is 9.37. The maximum Gasteiger partial charge on any atom is 0.320 e. The van der Waals surface area contributed by atoms with E-state index in [9.17, 15) is 9.59 Å². The summed E-state index contributed by atoms with van der Waals surface area (Å²) in [4.78, 5) is 24.6. The highest BCUT2D eigenvalue weighted by molar-refractivity contribution is 5.79. The molecule has 1 aromatic carbocycles. The first-order valence-corrected chi connectivity index (χ1v) is 8.56. The van der Waals surface area contributed by atoms with Gasteiger partial charge in [-0.05, 0) is 33.4 Å². The zero-order valence-electron chi connectivity index (χ0n) is 15.7. The summed E-state index contributed by atoms with van der Waals surface area (Å²) in [6.07, 6.45) is 0. The molecule has 2 N–H and O–H groups in total. The number of rotatable bonds is 8. The molecule has 0 saturated heterocycles. The molecule has 0 bridgehead atoms. The van der Waals surface area contributed by atoms with E-state index in [1.807, 2.05) is 36.7 Å². The first-order valence-electron chi connectivity index (χ1n) is 8.56. The molecule has 1 aromatic heterocycles. The van der Waals surface area contributed by atoms with Crippen LogP contribution in [0, 0.1) is 13.8 Å². The fraction of sp³-hybridized carbons (Fsp3) is 0.421. The number of carboxylic acid groups (broad SMARTS) is 1. The normalized spacial score (nSPS) is 12.2. The number of likely N-dealkylation sites (N-methyl/N-ethyl adjacent to an activating group) is 1. The predicted octanol–water partition coefficient (Wildman–Crippen LogP) is 1.57. The fourth-order valence-corrected chi connectivity index (χ4v) is 2.69. The Morgan fingerprint density at radius 3 is 2.54 bits per heavy atom. The number of aliphatic carboxylic acids is 1. The van der Waals surface area contributed by atoms with Crippen LogP contribution >= 0.6 is 0 Å². The highest BCUT2D eigenvalue weighted by atomic mass is 16.4. The molecule has 0 aliphatic carbocycles. The molecule has 2 aromatic rings. The third-order valence-corrected chi connectivity index (χ3v) is 4.58. The molecule has 1 unspecified atom stereocenters. The molecule has 0 aliphatic rings. The number of aryl methyl sites for hydroxylation is 1. The predicted molar refractivity (Wildman–Crippen MR) is 98.8 cm³/mol. The Hall–Kier alpha value is -2.67. The lowest BCUT2D eigenvalue weighted by atomic mass is 10.2. The molecule has 0 fully saturated rings. The lowest BCUT2D eigenvalue weighted by Crippen LogP contribution is -2.42. The molecule has 0 saturated carbocycles. The van der Waals surface area contributed by atoms with E-state index in [1.165, 1.54) is 4.90 Å². The van der Waals surface area contributed by atoms with Gasteiger partial charge in [0, 0.05) is 17.8 Å². The van der Waals surface area contributed by atoms with Crippen LogP contribution in [0.15, 0.2) is 30.3 Å². The van der Waals surface area contributed by atoms with Gasteiger partial charge < -0.3 is 10.4 Å². The fourth-order valence-electron chi connectivity index (χ4n) is 2.69. The van der Waals surface area contributed by atoms with Gasteiger partial charge in [-0.25, -0.2) is 0 Å². The molecular weight excluding hydrogens is 332 g/mol. The van der Waals surface area contributed by atoms with Gasteiger partial charge in [-0.3, -0.25) is 19.2 Å². The topological polar surface area (TPSA) is 87.5 Å². The Bertz CT molecular complexity index is 771. The van der Waals surface area contributed by atoms with Crippen LogP contribution in [-0.2, 0) is 22.7 Å².